The highest BCUT2D eigenvalue weighted by atomic mass is 16.1. The van der Waals surface area contributed by atoms with Crippen molar-refractivity contribution in [3.05, 3.63) is 0 Å². The van der Waals surface area contributed by atoms with Gasteiger partial charge in [0.25, 0.3) is 0 Å². The van der Waals surface area contributed by atoms with Crippen molar-refractivity contribution in [1.82, 2.24) is 4.90 Å². The molecule has 2 aliphatic rings. The van der Waals surface area contributed by atoms with Crippen LogP contribution in [0.5, 0.6) is 0 Å². The topological polar surface area (TPSA) is 20.3 Å². The average Bonchev–Trinajstić information content (AvgIpc) is 2.85. The number of hydrogen-bond acceptors (Lipinski definition) is 2. The van der Waals surface area contributed by atoms with E-state index in [0.29, 0.717) is 17.9 Å². The van der Waals surface area contributed by atoms with Crippen molar-refractivity contribution in [3.63, 3.8) is 0 Å². The lowest BCUT2D eigenvalue weighted by Gasteiger charge is -2.37. The molecular formula is C11H19NO. The van der Waals surface area contributed by atoms with Gasteiger partial charge in [-0.3, -0.25) is 9.69 Å². The highest BCUT2D eigenvalue weighted by molar-refractivity contribution is 5.79. The van der Waals surface area contributed by atoms with Gasteiger partial charge in [-0.05, 0) is 32.6 Å². The summed E-state index contributed by atoms with van der Waals surface area (Å²) in [4.78, 5) is 13.7. The molecule has 0 radical (unpaired) electrons. The van der Waals surface area contributed by atoms with Gasteiger partial charge in [0, 0.05) is 31.5 Å². The summed E-state index contributed by atoms with van der Waals surface area (Å²) in [6.45, 7) is 5.51. The first kappa shape index (κ1) is 9.20. The Bertz CT molecular complexity index is 210. The predicted molar refractivity (Wildman–Crippen MR) is 52.6 cm³/mol. The second kappa shape index (κ2) is 3.41. The van der Waals surface area contributed by atoms with Gasteiger partial charge >= 0.3 is 0 Å². The Morgan fingerprint density at radius 2 is 2.15 bits per heavy atom. The van der Waals surface area contributed by atoms with Crippen molar-refractivity contribution in [2.45, 2.75) is 51.6 Å². The number of nitrogens with zero attached hydrogens (tertiary/aromatic N) is 1. The molecule has 13 heavy (non-hydrogen) atoms. The SMILES string of the molecule is CC1CC(=O)CCN1C(C)C1CC1. The minimum absolute atomic E-state index is 0.451. The summed E-state index contributed by atoms with van der Waals surface area (Å²) >= 11 is 0. The molecular weight excluding hydrogens is 162 g/mol. The van der Waals surface area contributed by atoms with Crippen LogP contribution >= 0.6 is 0 Å². The van der Waals surface area contributed by atoms with Crippen molar-refractivity contribution < 1.29 is 4.79 Å². The molecule has 74 valence electrons. The van der Waals surface area contributed by atoms with Gasteiger partial charge in [0.15, 0.2) is 0 Å². The molecule has 1 aliphatic carbocycles. The molecule has 1 heterocycles. The fourth-order valence-electron chi connectivity index (χ4n) is 2.48. The van der Waals surface area contributed by atoms with Crippen molar-refractivity contribution in [3.8, 4) is 0 Å². The van der Waals surface area contributed by atoms with Crippen molar-refractivity contribution >= 4 is 5.78 Å². The Labute approximate surface area is 80.3 Å². The van der Waals surface area contributed by atoms with Gasteiger partial charge < -0.3 is 0 Å². The highest BCUT2D eigenvalue weighted by Gasteiger charge is 2.35. The molecule has 1 aliphatic heterocycles. The third-order valence-electron chi connectivity index (χ3n) is 3.57. The number of rotatable bonds is 2. The van der Waals surface area contributed by atoms with E-state index in [0.717, 1.165) is 25.3 Å². The molecule has 2 unspecified atom stereocenters. The Morgan fingerprint density at radius 1 is 1.46 bits per heavy atom. The van der Waals surface area contributed by atoms with Gasteiger partial charge in [-0.15, -0.1) is 0 Å². The largest absolute Gasteiger partial charge is 0.300 e. The van der Waals surface area contributed by atoms with E-state index in [1.165, 1.54) is 12.8 Å². The van der Waals surface area contributed by atoms with Gasteiger partial charge in [-0.1, -0.05) is 0 Å². The van der Waals surface area contributed by atoms with E-state index in [2.05, 4.69) is 18.7 Å². The van der Waals surface area contributed by atoms with Crippen molar-refractivity contribution in [2.75, 3.05) is 6.54 Å². The smallest absolute Gasteiger partial charge is 0.135 e. The first-order valence-electron chi connectivity index (χ1n) is 5.46. The summed E-state index contributed by atoms with van der Waals surface area (Å²) in [6, 6.07) is 1.19. The summed E-state index contributed by atoms with van der Waals surface area (Å²) in [5, 5.41) is 0. The zero-order chi connectivity index (χ0) is 9.42. The van der Waals surface area contributed by atoms with Crippen LogP contribution < -0.4 is 0 Å². The number of piperidine rings is 1. The van der Waals surface area contributed by atoms with E-state index in [1.807, 2.05) is 0 Å². The van der Waals surface area contributed by atoms with Crippen LogP contribution in [0.2, 0.25) is 0 Å². The normalized spacial score (nSPS) is 33.4. The molecule has 1 saturated carbocycles. The van der Waals surface area contributed by atoms with E-state index in [9.17, 15) is 4.79 Å². The zero-order valence-corrected chi connectivity index (χ0v) is 8.62. The Hall–Kier alpha value is -0.370. The first-order valence-corrected chi connectivity index (χ1v) is 5.46. The molecule has 1 saturated heterocycles. The maximum absolute atomic E-state index is 11.2. The monoisotopic (exact) mass is 181 g/mol. The molecule has 2 nitrogen and oxygen atoms in total. The summed E-state index contributed by atoms with van der Waals surface area (Å²) in [6.07, 6.45) is 4.36. The standard InChI is InChI=1S/C11H19NO/c1-8-7-11(13)5-6-12(8)9(2)10-3-4-10/h8-10H,3-7H2,1-2H3. The second-order valence-corrected chi connectivity index (χ2v) is 4.66. The summed E-state index contributed by atoms with van der Waals surface area (Å²) in [5.74, 6) is 1.38. The van der Waals surface area contributed by atoms with E-state index in [4.69, 9.17) is 0 Å². The number of likely N-dealkylation sites (tertiary alicyclic amines) is 1. The number of Topliss-reactive ketones (excluding diaryl/α,β-unsaturated/α-hetero) is 1. The van der Waals surface area contributed by atoms with E-state index >= 15 is 0 Å². The Morgan fingerprint density at radius 3 is 2.69 bits per heavy atom. The molecule has 0 amide bonds. The maximum Gasteiger partial charge on any atom is 0.135 e. The van der Waals surface area contributed by atoms with E-state index in [-0.39, 0.29) is 0 Å². The Kier molecular flexibility index (Phi) is 2.41. The van der Waals surface area contributed by atoms with Crippen LogP contribution in [-0.2, 0) is 4.79 Å². The molecule has 2 fully saturated rings. The van der Waals surface area contributed by atoms with Gasteiger partial charge in [0.05, 0.1) is 0 Å². The van der Waals surface area contributed by atoms with E-state index < -0.39 is 0 Å². The van der Waals surface area contributed by atoms with E-state index in [1.54, 1.807) is 0 Å². The van der Waals surface area contributed by atoms with Crippen LogP contribution in [0, 0.1) is 5.92 Å². The molecule has 0 aromatic rings. The number of hydrogen-bond donors (Lipinski definition) is 0. The van der Waals surface area contributed by atoms with Crippen LogP contribution in [0.15, 0.2) is 0 Å². The van der Waals surface area contributed by atoms with Crippen LogP contribution in [0.25, 0.3) is 0 Å². The lowest BCUT2D eigenvalue weighted by Crippen LogP contribution is -2.46. The quantitative estimate of drug-likeness (QED) is 0.648. The molecule has 0 aromatic carbocycles. The van der Waals surface area contributed by atoms with Crippen LogP contribution in [-0.4, -0.2) is 29.3 Å². The highest BCUT2D eigenvalue weighted by Crippen LogP contribution is 2.36. The average molecular weight is 181 g/mol. The fraction of sp³-hybridized carbons (Fsp3) is 0.909. The minimum Gasteiger partial charge on any atom is -0.300 e. The molecule has 2 rings (SSSR count). The van der Waals surface area contributed by atoms with Gasteiger partial charge in [-0.2, -0.15) is 0 Å². The molecule has 2 atom stereocenters. The Balaban J connectivity index is 1.94. The third-order valence-corrected chi connectivity index (χ3v) is 3.57. The minimum atomic E-state index is 0.451. The first-order chi connectivity index (χ1) is 6.18. The molecule has 0 spiro atoms. The summed E-state index contributed by atoms with van der Waals surface area (Å²) in [5.41, 5.74) is 0. The van der Waals surface area contributed by atoms with Crippen molar-refractivity contribution in [1.29, 1.82) is 0 Å². The third kappa shape index (κ3) is 1.93. The molecule has 0 N–H and O–H groups in total. The van der Waals surface area contributed by atoms with Crippen LogP contribution in [0.3, 0.4) is 0 Å². The maximum atomic E-state index is 11.2. The number of ketones is 1. The summed E-state index contributed by atoms with van der Waals surface area (Å²) < 4.78 is 0. The van der Waals surface area contributed by atoms with Crippen LogP contribution in [0.1, 0.15) is 39.5 Å². The van der Waals surface area contributed by atoms with Crippen LogP contribution in [0.4, 0.5) is 0 Å². The second-order valence-electron chi connectivity index (χ2n) is 4.66. The van der Waals surface area contributed by atoms with Gasteiger partial charge in [-0.25, -0.2) is 0 Å². The predicted octanol–water partition coefficient (Wildman–Crippen LogP) is 1.84. The molecule has 0 aromatic heterocycles. The lowest BCUT2D eigenvalue weighted by molar-refractivity contribution is -0.123. The number of carbonyl (C=O) groups excluding carboxylic acids is 1. The van der Waals surface area contributed by atoms with Gasteiger partial charge in [0.2, 0.25) is 0 Å². The summed E-state index contributed by atoms with van der Waals surface area (Å²) in [7, 11) is 0. The fourth-order valence-corrected chi connectivity index (χ4v) is 2.48. The number of carbonyl (C=O) groups is 1. The zero-order valence-electron chi connectivity index (χ0n) is 8.62. The molecule has 0 bridgehead atoms. The van der Waals surface area contributed by atoms with Gasteiger partial charge in [0.1, 0.15) is 5.78 Å². The molecule has 2 heteroatoms. The lowest BCUT2D eigenvalue weighted by atomic mass is 9.99. The van der Waals surface area contributed by atoms with Crippen molar-refractivity contribution in [2.24, 2.45) is 5.92 Å².